The van der Waals surface area contributed by atoms with Crippen LogP contribution in [0.1, 0.15) is 47.7 Å². The quantitative estimate of drug-likeness (QED) is 0.646. The monoisotopic (exact) mass is 412 g/mol. The second kappa shape index (κ2) is 9.67. The predicted molar refractivity (Wildman–Crippen MR) is 116 cm³/mol. The normalized spacial score (nSPS) is 19.4. The summed E-state index contributed by atoms with van der Waals surface area (Å²) in [6.45, 7) is 8.44. The average molecular weight is 413 g/mol. The summed E-state index contributed by atoms with van der Waals surface area (Å²) in [7, 11) is 0. The van der Waals surface area contributed by atoms with E-state index >= 15 is 0 Å². The summed E-state index contributed by atoms with van der Waals surface area (Å²) in [4.78, 5) is 5.64. The van der Waals surface area contributed by atoms with E-state index in [4.69, 9.17) is 5.26 Å². The Labute approximate surface area is 176 Å². The average Bonchev–Trinajstić information content (AvgIpc) is 3.45. The molecule has 0 saturated carbocycles. The van der Waals surface area contributed by atoms with Crippen molar-refractivity contribution in [3.63, 3.8) is 0 Å². The van der Waals surface area contributed by atoms with Crippen LogP contribution in [0.3, 0.4) is 0 Å². The van der Waals surface area contributed by atoms with E-state index in [1.807, 2.05) is 12.1 Å². The van der Waals surface area contributed by atoms with Crippen molar-refractivity contribution in [2.24, 2.45) is 5.92 Å². The van der Waals surface area contributed by atoms with Crippen LogP contribution in [0.25, 0.3) is 0 Å². The second-order valence-corrected chi connectivity index (χ2v) is 9.98. The van der Waals surface area contributed by atoms with Crippen molar-refractivity contribution in [1.82, 2.24) is 10.2 Å². The van der Waals surface area contributed by atoms with E-state index in [1.165, 1.54) is 22.6 Å². The summed E-state index contributed by atoms with van der Waals surface area (Å²) < 4.78 is 0. The molecule has 0 aromatic carbocycles. The molecular weight excluding hydrogens is 384 g/mol. The van der Waals surface area contributed by atoms with Crippen molar-refractivity contribution in [3.8, 4) is 12.1 Å². The zero-order valence-corrected chi connectivity index (χ0v) is 18.3. The smallest absolute Gasteiger partial charge is 0.110 e. The molecule has 148 valence electrons. The number of thiophene rings is 2. The van der Waals surface area contributed by atoms with Crippen LogP contribution < -0.4 is 5.32 Å². The van der Waals surface area contributed by atoms with Gasteiger partial charge in [0, 0.05) is 28.9 Å². The van der Waals surface area contributed by atoms with Gasteiger partial charge in [-0.15, -0.1) is 22.7 Å². The molecule has 0 radical (unpaired) electrons. The van der Waals surface area contributed by atoms with Gasteiger partial charge in [0.25, 0.3) is 0 Å². The van der Waals surface area contributed by atoms with Gasteiger partial charge in [0.15, 0.2) is 0 Å². The molecule has 1 unspecified atom stereocenters. The third kappa shape index (κ3) is 4.82. The summed E-state index contributed by atoms with van der Waals surface area (Å²) in [6.07, 6.45) is 3.04. The molecular formula is C22H28N4S2. The van der Waals surface area contributed by atoms with Crippen molar-refractivity contribution >= 4 is 22.7 Å². The lowest BCUT2D eigenvalue weighted by Crippen LogP contribution is -2.34. The molecule has 1 aliphatic heterocycles. The fourth-order valence-electron chi connectivity index (χ4n) is 4.02. The van der Waals surface area contributed by atoms with Gasteiger partial charge in [0.1, 0.15) is 10.9 Å². The van der Waals surface area contributed by atoms with E-state index in [0.29, 0.717) is 10.9 Å². The maximum atomic E-state index is 10.0. The van der Waals surface area contributed by atoms with Gasteiger partial charge >= 0.3 is 0 Å². The molecule has 3 heterocycles. The summed E-state index contributed by atoms with van der Waals surface area (Å²) in [5.41, 5.74) is -0.490. The number of nitrogens with zero attached hydrogens (tertiary/aromatic N) is 3. The van der Waals surface area contributed by atoms with Crippen LogP contribution in [0, 0.1) is 28.6 Å². The van der Waals surface area contributed by atoms with Gasteiger partial charge < -0.3 is 10.2 Å². The fourth-order valence-corrected chi connectivity index (χ4v) is 5.79. The van der Waals surface area contributed by atoms with Gasteiger partial charge in [-0.3, -0.25) is 0 Å². The van der Waals surface area contributed by atoms with Crippen LogP contribution in [-0.2, 0) is 12.0 Å². The fraction of sp³-hybridized carbons (Fsp3) is 0.545. The molecule has 1 N–H and O–H groups in total. The van der Waals surface area contributed by atoms with Crippen LogP contribution in [0.2, 0.25) is 0 Å². The standard InChI is InChI=1S/C22H28N4S2/c1-17(2)22(16-24,21-7-6-19(13-23)28-21)9-4-10-26-11-8-18(15-26)25-14-20-5-3-12-27-20/h3,5-7,12,17-18,25H,4,8-11,14-15H2,1-2H3/t18-,22?/m1/s1. The SMILES string of the molecule is CC(C)C(C#N)(CCCN1CC[C@@H](NCc2cccs2)C1)c1ccc(C#N)s1. The van der Waals surface area contributed by atoms with Gasteiger partial charge in [-0.25, -0.2) is 0 Å². The molecule has 1 saturated heterocycles. The van der Waals surface area contributed by atoms with E-state index in [1.54, 1.807) is 11.3 Å². The minimum absolute atomic E-state index is 0.224. The Morgan fingerprint density at radius 2 is 2.18 bits per heavy atom. The Hall–Kier alpha value is -1.70. The molecule has 0 spiro atoms. The highest BCUT2D eigenvalue weighted by molar-refractivity contribution is 7.12. The largest absolute Gasteiger partial charge is 0.308 e. The predicted octanol–water partition coefficient (Wildman–Crippen LogP) is 4.74. The first-order valence-corrected chi connectivity index (χ1v) is 11.7. The molecule has 2 aromatic heterocycles. The highest BCUT2D eigenvalue weighted by Crippen LogP contribution is 2.40. The minimum atomic E-state index is -0.490. The molecule has 2 atom stereocenters. The molecule has 3 rings (SSSR count). The summed E-state index contributed by atoms with van der Waals surface area (Å²) in [6, 6.07) is 13.5. The molecule has 0 amide bonds. The van der Waals surface area contributed by atoms with Crippen LogP contribution in [0.5, 0.6) is 0 Å². The molecule has 4 nitrogen and oxygen atoms in total. The van der Waals surface area contributed by atoms with E-state index in [9.17, 15) is 5.26 Å². The van der Waals surface area contributed by atoms with E-state index in [0.717, 1.165) is 43.9 Å². The zero-order chi connectivity index (χ0) is 20.0. The maximum Gasteiger partial charge on any atom is 0.110 e. The maximum absolute atomic E-state index is 10.0. The number of rotatable bonds is 9. The van der Waals surface area contributed by atoms with Crippen LogP contribution in [0.15, 0.2) is 29.6 Å². The topological polar surface area (TPSA) is 62.9 Å². The van der Waals surface area contributed by atoms with E-state index in [2.05, 4.69) is 53.7 Å². The lowest BCUT2D eigenvalue weighted by atomic mass is 9.73. The molecule has 2 aromatic rings. The lowest BCUT2D eigenvalue weighted by molar-refractivity contribution is 0.289. The Balaban J connectivity index is 1.51. The lowest BCUT2D eigenvalue weighted by Gasteiger charge is -2.30. The van der Waals surface area contributed by atoms with Crippen molar-refractivity contribution in [2.45, 2.75) is 51.1 Å². The zero-order valence-electron chi connectivity index (χ0n) is 16.6. The van der Waals surface area contributed by atoms with E-state index in [-0.39, 0.29) is 5.92 Å². The number of nitriles is 2. The van der Waals surface area contributed by atoms with E-state index < -0.39 is 5.41 Å². The highest BCUT2D eigenvalue weighted by Gasteiger charge is 2.37. The van der Waals surface area contributed by atoms with Crippen molar-refractivity contribution < 1.29 is 0 Å². The molecule has 1 aliphatic rings. The van der Waals surface area contributed by atoms with Crippen LogP contribution in [0.4, 0.5) is 0 Å². The Bertz CT molecular complexity index is 828. The third-order valence-corrected chi connectivity index (χ3v) is 7.85. The Kier molecular flexibility index (Phi) is 7.26. The molecule has 28 heavy (non-hydrogen) atoms. The van der Waals surface area contributed by atoms with Gasteiger partial charge in [-0.05, 0) is 61.8 Å². The van der Waals surface area contributed by atoms with Crippen molar-refractivity contribution in [1.29, 1.82) is 10.5 Å². The van der Waals surface area contributed by atoms with Gasteiger partial charge in [-0.2, -0.15) is 10.5 Å². The molecule has 6 heteroatoms. The minimum Gasteiger partial charge on any atom is -0.308 e. The first kappa shape index (κ1) is 21.0. The molecule has 0 bridgehead atoms. The molecule has 1 fully saturated rings. The number of hydrogen-bond donors (Lipinski definition) is 1. The summed E-state index contributed by atoms with van der Waals surface area (Å²) in [5.74, 6) is 0.224. The highest BCUT2D eigenvalue weighted by atomic mass is 32.1. The first-order valence-electron chi connectivity index (χ1n) is 9.97. The number of nitrogens with one attached hydrogen (secondary N) is 1. The van der Waals surface area contributed by atoms with Crippen LogP contribution >= 0.6 is 22.7 Å². The third-order valence-electron chi connectivity index (χ3n) is 5.80. The van der Waals surface area contributed by atoms with Crippen molar-refractivity contribution in [3.05, 3.63) is 44.3 Å². The van der Waals surface area contributed by atoms with Crippen LogP contribution in [-0.4, -0.2) is 30.6 Å². The van der Waals surface area contributed by atoms with Gasteiger partial charge in [0.05, 0.1) is 11.5 Å². The Morgan fingerprint density at radius 1 is 1.32 bits per heavy atom. The summed E-state index contributed by atoms with van der Waals surface area (Å²) >= 11 is 3.28. The van der Waals surface area contributed by atoms with Gasteiger partial charge in [-0.1, -0.05) is 19.9 Å². The Morgan fingerprint density at radius 3 is 2.82 bits per heavy atom. The number of hydrogen-bond acceptors (Lipinski definition) is 6. The molecule has 0 aliphatic carbocycles. The van der Waals surface area contributed by atoms with Crippen molar-refractivity contribution in [2.75, 3.05) is 19.6 Å². The second-order valence-electron chi connectivity index (χ2n) is 7.86. The first-order chi connectivity index (χ1) is 13.6. The number of likely N-dealkylation sites (tertiary alicyclic amines) is 1. The summed E-state index contributed by atoms with van der Waals surface area (Å²) in [5, 5.41) is 25.0. The van der Waals surface area contributed by atoms with Gasteiger partial charge in [0.2, 0.25) is 0 Å².